The Morgan fingerprint density at radius 3 is 2.68 bits per heavy atom. The molecule has 0 aliphatic heterocycles. The number of hydrogen-bond donors (Lipinski definition) is 0. The minimum absolute atomic E-state index is 0. The molecule has 2 rings (SSSR count). The maximum Gasteiger partial charge on any atom is 1.00 e. The fraction of sp³-hybridized carbons (Fsp3) is 0.214. The third-order valence-electron chi connectivity index (χ3n) is 2.33. The van der Waals surface area contributed by atoms with Crippen molar-refractivity contribution in [1.29, 1.82) is 0 Å². The molecule has 1 aromatic carbocycles. The summed E-state index contributed by atoms with van der Waals surface area (Å²) in [6.45, 7) is 6.24. The average Bonchev–Trinajstić information content (AvgIpc) is 2.38. The van der Waals surface area contributed by atoms with Gasteiger partial charge in [-0.2, -0.15) is 0 Å². The summed E-state index contributed by atoms with van der Waals surface area (Å²) in [6, 6.07) is 7.76. The molecule has 0 aliphatic rings. The highest BCUT2D eigenvalue weighted by Crippen LogP contribution is 2.28. The lowest BCUT2D eigenvalue weighted by Crippen LogP contribution is -2.11. The molecule has 2 aromatic rings. The zero-order chi connectivity index (χ0) is 13.7. The molecule has 0 saturated carbocycles. The van der Waals surface area contributed by atoms with Crippen molar-refractivity contribution in [2.45, 2.75) is 20.0 Å². The van der Waals surface area contributed by atoms with Gasteiger partial charge in [0.25, 0.3) is 9.04 Å². The molecular weight excluding hydrogens is 254 g/mol. The average molecular weight is 271 g/mol. The normalized spacial score (nSPS) is 11.2. The number of aromatic nitrogens is 2. The topological polar surface area (TPSA) is 47.4 Å². The molecule has 97 valence electrons. The summed E-state index contributed by atoms with van der Waals surface area (Å²) in [4.78, 5) is 12.6. The predicted octanol–water partition coefficient (Wildman–Crippen LogP) is 3.28. The lowest BCUT2D eigenvalue weighted by molar-refractivity contribution is 0.581. The Morgan fingerprint density at radius 2 is 2.00 bits per heavy atom. The van der Waals surface area contributed by atoms with Gasteiger partial charge in [-0.05, 0) is 43.8 Å². The van der Waals surface area contributed by atoms with Crippen LogP contribution in [0.5, 0.6) is 5.75 Å². The molecule has 19 heavy (non-hydrogen) atoms. The van der Waals surface area contributed by atoms with E-state index in [0.29, 0.717) is 5.82 Å². The number of aryl methyl sites for hydroxylation is 1. The third kappa shape index (κ3) is 3.99. The maximum atomic E-state index is 5.86. The Hall–Kier alpha value is -2.01. The summed E-state index contributed by atoms with van der Waals surface area (Å²) >= 11 is 0. The molecule has 0 spiro atoms. The van der Waals surface area contributed by atoms with Crippen molar-refractivity contribution in [3.8, 4) is 5.75 Å². The molecule has 0 unspecified atom stereocenters. The van der Waals surface area contributed by atoms with Gasteiger partial charge in [-0.1, -0.05) is 6.07 Å². The van der Waals surface area contributed by atoms with Gasteiger partial charge >= 0.3 is 1.43 Å². The standard InChI is InChI=1S/C14H16N3OSi/c1-11-5-6-12(13(9-11)18-19(2)3)17-10-14-15-7-4-8-16-14/h4-10H,1-3H3/p+1. The van der Waals surface area contributed by atoms with Crippen LogP contribution < -0.4 is 4.43 Å². The van der Waals surface area contributed by atoms with Gasteiger partial charge in [0.15, 0.2) is 5.82 Å². The Kier molecular flexibility index (Phi) is 4.41. The lowest BCUT2D eigenvalue weighted by Gasteiger charge is -2.11. The Labute approximate surface area is 116 Å². The third-order valence-corrected chi connectivity index (χ3v) is 2.96. The van der Waals surface area contributed by atoms with Gasteiger partial charge in [0, 0.05) is 12.4 Å². The largest absolute Gasteiger partial charge is 1.00 e. The van der Waals surface area contributed by atoms with Gasteiger partial charge in [0.2, 0.25) is 0 Å². The number of nitrogens with zero attached hydrogens (tertiary/aromatic N) is 3. The van der Waals surface area contributed by atoms with Crippen LogP contribution in [0.15, 0.2) is 41.7 Å². The summed E-state index contributed by atoms with van der Waals surface area (Å²) in [7, 11) is -0.813. The van der Waals surface area contributed by atoms with Gasteiger partial charge in [-0.15, -0.1) is 0 Å². The number of rotatable bonds is 4. The van der Waals surface area contributed by atoms with E-state index in [1.165, 1.54) is 0 Å². The van der Waals surface area contributed by atoms with E-state index in [0.717, 1.165) is 17.0 Å². The van der Waals surface area contributed by atoms with Crippen LogP contribution in [0.25, 0.3) is 0 Å². The van der Waals surface area contributed by atoms with Gasteiger partial charge in [-0.25, -0.2) is 15.0 Å². The molecule has 0 fully saturated rings. The highest BCUT2D eigenvalue weighted by molar-refractivity contribution is 6.49. The van der Waals surface area contributed by atoms with Crippen LogP contribution in [-0.2, 0) is 0 Å². The van der Waals surface area contributed by atoms with Crippen LogP contribution in [0.2, 0.25) is 13.1 Å². The Balaban J connectivity index is 0.00000200. The van der Waals surface area contributed by atoms with Crippen LogP contribution >= 0.6 is 0 Å². The molecule has 0 saturated heterocycles. The zero-order valence-corrected chi connectivity index (χ0v) is 12.3. The van der Waals surface area contributed by atoms with E-state index in [2.05, 4.69) is 28.1 Å². The fourth-order valence-corrected chi connectivity index (χ4v) is 2.14. The number of aliphatic imine (C=N–C) groups is 1. The summed E-state index contributed by atoms with van der Waals surface area (Å²) in [6.07, 6.45) is 5.04. The van der Waals surface area contributed by atoms with Crippen LogP contribution in [-0.4, -0.2) is 25.2 Å². The minimum Gasteiger partial charge on any atom is -0.541 e. The van der Waals surface area contributed by atoms with Crippen LogP contribution in [0, 0.1) is 6.92 Å². The molecule has 0 bridgehead atoms. The van der Waals surface area contributed by atoms with Crippen molar-refractivity contribution in [2.75, 3.05) is 0 Å². The molecular formula is C14H17N3OSi+. The molecule has 1 aromatic heterocycles. The molecule has 0 atom stereocenters. The fourth-order valence-electron chi connectivity index (χ4n) is 1.53. The first kappa shape index (κ1) is 13.4. The van der Waals surface area contributed by atoms with Crippen molar-refractivity contribution in [3.63, 3.8) is 0 Å². The van der Waals surface area contributed by atoms with Crippen molar-refractivity contribution >= 4 is 20.9 Å². The SMILES string of the molecule is Cc1ccc(N=Cc2ncccn2)c(O[Si](C)C)c1.[H+]. The van der Waals surface area contributed by atoms with E-state index in [4.69, 9.17) is 4.43 Å². The first-order chi connectivity index (χ1) is 9.15. The molecule has 0 N–H and O–H groups in total. The highest BCUT2D eigenvalue weighted by Gasteiger charge is 2.06. The van der Waals surface area contributed by atoms with E-state index in [9.17, 15) is 0 Å². The zero-order valence-electron chi connectivity index (χ0n) is 12.3. The molecule has 1 radical (unpaired) electrons. The second-order valence-electron chi connectivity index (χ2n) is 4.35. The first-order valence-electron chi connectivity index (χ1n) is 6.05. The molecule has 5 heteroatoms. The van der Waals surface area contributed by atoms with Crippen LogP contribution in [0.3, 0.4) is 0 Å². The number of hydrogen-bond acceptors (Lipinski definition) is 4. The molecule has 4 nitrogen and oxygen atoms in total. The van der Waals surface area contributed by atoms with Crippen molar-refractivity contribution in [1.82, 2.24) is 9.97 Å². The van der Waals surface area contributed by atoms with Crippen LogP contribution in [0.1, 0.15) is 12.8 Å². The summed E-state index contributed by atoms with van der Waals surface area (Å²) < 4.78 is 5.86. The Bertz CT molecular complexity index is 576. The minimum atomic E-state index is -0.813. The van der Waals surface area contributed by atoms with Crippen molar-refractivity contribution < 1.29 is 5.85 Å². The van der Waals surface area contributed by atoms with Crippen LogP contribution in [0.4, 0.5) is 5.69 Å². The summed E-state index contributed by atoms with van der Waals surface area (Å²) in [5, 5.41) is 0. The van der Waals surface area contributed by atoms with Gasteiger partial charge < -0.3 is 4.43 Å². The van der Waals surface area contributed by atoms with Crippen molar-refractivity contribution in [3.05, 3.63) is 48.0 Å². The van der Waals surface area contributed by atoms with E-state index < -0.39 is 9.04 Å². The van der Waals surface area contributed by atoms with E-state index in [1.807, 2.05) is 25.1 Å². The number of benzene rings is 1. The maximum absolute atomic E-state index is 5.86. The molecule has 0 amide bonds. The van der Waals surface area contributed by atoms with Gasteiger partial charge in [0.05, 0.1) is 6.21 Å². The molecule has 1 heterocycles. The second-order valence-corrected chi connectivity index (χ2v) is 6.37. The summed E-state index contributed by atoms with van der Waals surface area (Å²) in [5.74, 6) is 1.42. The summed E-state index contributed by atoms with van der Waals surface area (Å²) in [5.41, 5.74) is 1.97. The smallest absolute Gasteiger partial charge is 0.541 e. The predicted molar refractivity (Wildman–Crippen MR) is 79.7 cm³/mol. The first-order valence-corrected chi connectivity index (χ1v) is 8.46. The van der Waals surface area contributed by atoms with Crippen molar-refractivity contribution in [2.24, 2.45) is 4.99 Å². The van der Waals surface area contributed by atoms with Gasteiger partial charge in [0.1, 0.15) is 11.4 Å². The van der Waals surface area contributed by atoms with E-state index >= 15 is 0 Å². The van der Waals surface area contributed by atoms with Gasteiger partial charge in [-0.3, -0.25) is 0 Å². The lowest BCUT2D eigenvalue weighted by atomic mass is 10.2. The monoisotopic (exact) mass is 271 g/mol. The quantitative estimate of drug-likeness (QED) is 0.633. The molecule has 0 aliphatic carbocycles. The second kappa shape index (κ2) is 6.24. The van der Waals surface area contributed by atoms with E-state index in [1.54, 1.807) is 24.7 Å². The Morgan fingerprint density at radius 1 is 1.26 bits per heavy atom. The highest BCUT2D eigenvalue weighted by atomic mass is 28.3. The van der Waals surface area contributed by atoms with E-state index in [-0.39, 0.29) is 1.43 Å².